The van der Waals surface area contributed by atoms with E-state index < -0.39 is 0 Å². The first-order chi connectivity index (χ1) is 4.39. The standard InChI is InChI=1S/C7H7.ClH.FH.Zn/c1-7-5-3-2-4-6-7;;;/h2-6H,1H2;2*1H;/q-1;;;+2/p-1. The molecule has 0 radical (unpaired) electrons. The van der Waals surface area contributed by atoms with Crippen molar-refractivity contribution in [1.29, 1.82) is 0 Å². The van der Waals surface area contributed by atoms with Crippen LogP contribution in [-0.4, -0.2) is 0 Å². The van der Waals surface area contributed by atoms with Gasteiger partial charge in [0.2, 0.25) is 0 Å². The second kappa shape index (κ2) is 8.93. The molecule has 0 heterocycles. The van der Waals surface area contributed by atoms with Gasteiger partial charge in [-0.05, 0) is 0 Å². The molecule has 0 aromatic heterocycles. The van der Waals surface area contributed by atoms with E-state index in [2.05, 4.69) is 6.92 Å². The fourth-order valence-electron chi connectivity index (χ4n) is 0.478. The van der Waals surface area contributed by atoms with Crippen molar-refractivity contribution in [3.8, 4) is 0 Å². The van der Waals surface area contributed by atoms with Crippen LogP contribution >= 0.6 is 12.4 Å². The third-order valence-corrected chi connectivity index (χ3v) is 0.843. The molecule has 0 aliphatic heterocycles. The molecule has 0 bridgehead atoms. The zero-order valence-electron chi connectivity index (χ0n) is 5.59. The topological polar surface area (TPSA) is 0 Å². The van der Waals surface area contributed by atoms with Crippen molar-refractivity contribution < 1.29 is 22.1 Å². The third kappa shape index (κ3) is 6.06. The molecule has 0 spiro atoms. The average Bonchev–Trinajstić information content (AvgIpc) is 1.94. The van der Waals surface area contributed by atoms with Crippen LogP contribution in [0.5, 0.6) is 0 Å². The zero-order chi connectivity index (χ0) is 7.11. The van der Waals surface area contributed by atoms with E-state index in [1.807, 2.05) is 30.3 Å². The van der Waals surface area contributed by atoms with Gasteiger partial charge in [0.1, 0.15) is 0 Å². The van der Waals surface area contributed by atoms with Crippen LogP contribution < -0.4 is 0 Å². The summed E-state index contributed by atoms with van der Waals surface area (Å²) in [5, 5.41) is 0. The molecular weight excluding hydrogens is 204 g/mol. The van der Waals surface area contributed by atoms with Gasteiger partial charge in [0.05, 0.1) is 0 Å². The Labute approximate surface area is 77.5 Å². The molecule has 0 atom stereocenters. The van der Waals surface area contributed by atoms with Gasteiger partial charge in [-0.3, -0.25) is 0 Å². The maximum atomic E-state index is 9.62. The van der Waals surface area contributed by atoms with E-state index in [0.717, 1.165) is 5.56 Å². The van der Waals surface area contributed by atoms with Gasteiger partial charge in [-0.25, -0.2) is 0 Å². The molecule has 0 saturated heterocycles. The predicted octanol–water partition coefficient (Wildman–Crippen LogP) is 2.71. The van der Waals surface area contributed by atoms with Crippen molar-refractivity contribution >= 4 is 12.4 Å². The fourth-order valence-corrected chi connectivity index (χ4v) is 0.478. The van der Waals surface area contributed by atoms with E-state index in [1.165, 1.54) is 0 Å². The first-order valence-electron chi connectivity index (χ1n) is 2.53. The second-order valence-electron chi connectivity index (χ2n) is 1.49. The molecule has 10 heavy (non-hydrogen) atoms. The van der Waals surface area contributed by atoms with Crippen molar-refractivity contribution in [1.82, 2.24) is 0 Å². The van der Waals surface area contributed by atoms with Gasteiger partial charge in [-0.1, -0.05) is 6.07 Å². The summed E-state index contributed by atoms with van der Waals surface area (Å²) in [7, 11) is 0. The minimum atomic E-state index is -0.125. The number of benzene rings is 1. The van der Waals surface area contributed by atoms with Gasteiger partial charge in [0.25, 0.3) is 0 Å². The molecule has 0 unspecified atom stereocenters. The Hall–Kier alpha value is -0.0666. The van der Waals surface area contributed by atoms with Crippen LogP contribution in [0.25, 0.3) is 0 Å². The van der Waals surface area contributed by atoms with Gasteiger partial charge < -0.3 is 0 Å². The van der Waals surface area contributed by atoms with Crippen LogP contribution in [0.3, 0.4) is 0 Å². The van der Waals surface area contributed by atoms with Crippen LogP contribution in [0.1, 0.15) is 5.56 Å². The Morgan fingerprint density at radius 1 is 1.10 bits per heavy atom. The molecule has 0 aliphatic carbocycles. The number of halogens is 2. The number of hydrogen-bond donors (Lipinski definition) is 0. The Morgan fingerprint density at radius 3 is 1.70 bits per heavy atom. The SMILES string of the molecule is Cl.[CH2-]c1ccccc1.[F][Zn+]. The van der Waals surface area contributed by atoms with E-state index in [-0.39, 0.29) is 31.2 Å². The maximum absolute atomic E-state index is 9.62. The van der Waals surface area contributed by atoms with Gasteiger partial charge in [0.15, 0.2) is 0 Å². The predicted molar refractivity (Wildman–Crippen MR) is 39.3 cm³/mol. The summed E-state index contributed by atoms with van der Waals surface area (Å²) in [5.74, 6) is 0. The summed E-state index contributed by atoms with van der Waals surface area (Å²) in [4.78, 5) is 0. The molecule has 0 aliphatic rings. The summed E-state index contributed by atoms with van der Waals surface area (Å²) in [6, 6.07) is 9.87. The van der Waals surface area contributed by atoms with E-state index in [1.54, 1.807) is 0 Å². The van der Waals surface area contributed by atoms with Gasteiger partial charge >= 0.3 is 22.1 Å². The molecule has 0 fully saturated rings. The normalized spacial score (nSPS) is 6.70. The molecule has 1 rings (SSSR count). The minimum absolute atomic E-state index is 0. The fraction of sp³-hybridized carbons (Fsp3) is 0. The Kier molecular flexibility index (Phi) is 11.3. The van der Waals surface area contributed by atoms with Gasteiger partial charge in [-0.2, -0.15) is 24.6 Å². The Bertz CT molecular complexity index is 144. The van der Waals surface area contributed by atoms with Crippen LogP contribution in [0.15, 0.2) is 30.3 Å². The van der Waals surface area contributed by atoms with Crippen molar-refractivity contribution in [2.75, 3.05) is 0 Å². The zero-order valence-corrected chi connectivity index (χ0v) is 9.37. The second-order valence-corrected chi connectivity index (χ2v) is 1.49. The van der Waals surface area contributed by atoms with Gasteiger partial charge in [-0.15, -0.1) is 24.5 Å². The van der Waals surface area contributed by atoms with Crippen molar-refractivity contribution in [2.45, 2.75) is 0 Å². The van der Waals surface area contributed by atoms with Crippen molar-refractivity contribution in [2.24, 2.45) is 0 Å². The molecule has 0 saturated carbocycles. The van der Waals surface area contributed by atoms with Crippen LogP contribution in [0.4, 0.5) is 3.32 Å². The van der Waals surface area contributed by atoms with Crippen molar-refractivity contribution in [3.63, 3.8) is 0 Å². The summed E-state index contributed by atoms with van der Waals surface area (Å²) >= 11 is -0.125. The molecular formula is C7H8ClFZn. The summed E-state index contributed by atoms with van der Waals surface area (Å²) in [6.45, 7) is 3.72. The molecule has 0 N–H and O–H groups in total. The summed E-state index contributed by atoms with van der Waals surface area (Å²) in [5.41, 5.74) is 1.07. The third-order valence-electron chi connectivity index (χ3n) is 0.843. The average molecular weight is 212 g/mol. The van der Waals surface area contributed by atoms with Crippen LogP contribution in [0.2, 0.25) is 0 Å². The molecule has 1 aromatic carbocycles. The first-order valence-corrected chi connectivity index (χ1v) is 3.65. The molecule has 1 aromatic rings. The Morgan fingerprint density at radius 2 is 1.50 bits per heavy atom. The summed E-state index contributed by atoms with van der Waals surface area (Å²) in [6.07, 6.45) is 0. The van der Waals surface area contributed by atoms with E-state index in [9.17, 15) is 3.32 Å². The Balaban J connectivity index is 0. The molecule has 0 amide bonds. The van der Waals surface area contributed by atoms with Crippen LogP contribution in [0, 0.1) is 6.92 Å². The van der Waals surface area contributed by atoms with E-state index >= 15 is 0 Å². The van der Waals surface area contributed by atoms with Crippen molar-refractivity contribution in [3.05, 3.63) is 42.8 Å². The first kappa shape index (κ1) is 12.6. The number of hydrogen-bond acceptors (Lipinski definition) is 0. The molecule has 0 nitrogen and oxygen atoms in total. The quantitative estimate of drug-likeness (QED) is 0.458. The van der Waals surface area contributed by atoms with Gasteiger partial charge in [0, 0.05) is 0 Å². The van der Waals surface area contributed by atoms with E-state index in [4.69, 9.17) is 0 Å². The molecule has 3 heteroatoms. The summed E-state index contributed by atoms with van der Waals surface area (Å²) < 4.78 is 9.62. The monoisotopic (exact) mass is 210 g/mol. The number of rotatable bonds is 0. The van der Waals surface area contributed by atoms with Crippen LogP contribution in [-0.2, 0) is 18.8 Å². The van der Waals surface area contributed by atoms with E-state index in [0.29, 0.717) is 0 Å². The molecule has 52 valence electrons.